The van der Waals surface area contributed by atoms with Crippen molar-refractivity contribution in [2.45, 2.75) is 51.3 Å². The van der Waals surface area contributed by atoms with E-state index in [2.05, 4.69) is 43.4 Å². The molecule has 3 atom stereocenters. The Labute approximate surface area is 131 Å². The largest absolute Gasteiger partial charge is 0.469 e. The third-order valence-electron chi connectivity index (χ3n) is 5.14. The van der Waals surface area contributed by atoms with Gasteiger partial charge in [0.15, 0.2) is 0 Å². The minimum atomic E-state index is -0.349. The lowest BCUT2D eigenvalue weighted by atomic mass is 9.74. The van der Waals surface area contributed by atoms with Crippen molar-refractivity contribution >= 4 is 0 Å². The standard InChI is InChI=1S/C19H23NO2/c1-19(2)10-15(14-7-8-22-17(14)11-19)20-18-13-6-4-3-5-12(13)9-16(18)21/h3-8,15-16,18,20-21H,9-11H2,1-2H3. The quantitative estimate of drug-likeness (QED) is 0.891. The zero-order valence-electron chi connectivity index (χ0n) is 13.2. The number of hydrogen-bond acceptors (Lipinski definition) is 3. The van der Waals surface area contributed by atoms with E-state index >= 15 is 0 Å². The average molecular weight is 297 g/mol. The summed E-state index contributed by atoms with van der Waals surface area (Å²) in [4.78, 5) is 0. The maximum Gasteiger partial charge on any atom is 0.109 e. The van der Waals surface area contributed by atoms with E-state index < -0.39 is 0 Å². The van der Waals surface area contributed by atoms with Crippen LogP contribution in [0, 0.1) is 5.41 Å². The second-order valence-corrected chi connectivity index (χ2v) is 7.51. The van der Waals surface area contributed by atoms with Gasteiger partial charge in [-0.15, -0.1) is 0 Å². The fourth-order valence-electron chi connectivity index (χ4n) is 4.11. The van der Waals surface area contributed by atoms with E-state index in [1.807, 2.05) is 6.07 Å². The highest BCUT2D eigenvalue weighted by Crippen LogP contribution is 2.43. The zero-order chi connectivity index (χ0) is 15.3. The van der Waals surface area contributed by atoms with Gasteiger partial charge in [0.25, 0.3) is 0 Å². The molecule has 0 bridgehead atoms. The first-order valence-corrected chi connectivity index (χ1v) is 8.12. The maximum absolute atomic E-state index is 10.5. The first kappa shape index (κ1) is 14.0. The number of furan rings is 1. The number of rotatable bonds is 2. The topological polar surface area (TPSA) is 45.4 Å². The number of aliphatic hydroxyl groups excluding tert-OH is 1. The summed E-state index contributed by atoms with van der Waals surface area (Å²) in [5.41, 5.74) is 3.97. The lowest BCUT2D eigenvalue weighted by Gasteiger charge is -2.37. The van der Waals surface area contributed by atoms with E-state index in [0.29, 0.717) is 0 Å². The third kappa shape index (κ3) is 2.29. The summed E-state index contributed by atoms with van der Waals surface area (Å²) in [6.45, 7) is 4.57. The summed E-state index contributed by atoms with van der Waals surface area (Å²) in [5, 5.41) is 14.2. The summed E-state index contributed by atoms with van der Waals surface area (Å²) >= 11 is 0. The van der Waals surface area contributed by atoms with Gasteiger partial charge in [0.05, 0.1) is 18.4 Å². The Hall–Kier alpha value is -1.58. The molecule has 22 heavy (non-hydrogen) atoms. The van der Waals surface area contributed by atoms with Gasteiger partial charge in [-0.1, -0.05) is 38.1 Å². The fraction of sp³-hybridized carbons (Fsp3) is 0.474. The smallest absolute Gasteiger partial charge is 0.109 e. The van der Waals surface area contributed by atoms with Crippen molar-refractivity contribution in [2.75, 3.05) is 0 Å². The Bertz CT molecular complexity index is 688. The molecule has 116 valence electrons. The Balaban J connectivity index is 1.64. The van der Waals surface area contributed by atoms with Gasteiger partial charge in [0, 0.05) is 24.4 Å². The van der Waals surface area contributed by atoms with E-state index in [0.717, 1.165) is 25.0 Å². The normalized spacial score (nSPS) is 29.1. The van der Waals surface area contributed by atoms with Crippen LogP contribution in [-0.2, 0) is 12.8 Å². The number of aliphatic hydroxyl groups is 1. The average Bonchev–Trinajstić information content (AvgIpc) is 3.03. The highest BCUT2D eigenvalue weighted by Gasteiger charge is 2.38. The van der Waals surface area contributed by atoms with Crippen LogP contribution in [0.5, 0.6) is 0 Å². The van der Waals surface area contributed by atoms with E-state index in [9.17, 15) is 5.11 Å². The van der Waals surface area contributed by atoms with Crippen molar-refractivity contribution in [1.82, 2.24) is 5.32 Å². The first-order chi connectivity index (χ1) is 10.5. The van der Waals surface area contributed by atoms with Crippen molar-refractivity contribution < 1.29 is 9.52 Å². The zero-order valence-corrected chi connectivity index (χ0v) is 13.2. The van der Waals surface area contributed by atoms with Crippen molar-refractivity contribution in [3.63, 3.8) is 0 Å². The Morgan fingerprint density at radius 1 is 1.18 bits per heavy atom. The number of hydrogen-bond donors (Lipinski definition) is 2. The molecule has 3 unspecified atom stereocenters. The maximum atomic E-state index is 10.5. The summed E-state index contributed by atoms with van der Waals surface area (Å²) < 4.78 is 5.68. The molecule has 1 heterocycles. The van der Waals surface area contributed by atoms with Crippen LogP contribution >= 0.6 is 0 Å². The number of nitrogens with one attached hydrogen (secondary N) is 1. The minimum absolute atomic E-state index is 0.0119. The molecule has 0 saturated heterocycles. The fourth-order valence-corrected chi connectivity index (χ4v) is 4.11. The van der Waals surface area contributed by atoms with Gasteiger partial charge in [-0.05, 0) is 29.0 Å². The van der Waals surface area contributed by atoms with Gasteiger partial charge >= 0.3 is 0 Å². The van der Waals surface area contributed by atoms with Gasteiger partial charge in [0.2, 0.25) is 0 Å². The highest BCUT2D eigenvalue weighted by atomic mass is 16.3. The summed E-state index contributed by atoms with van der Waals surface area (Å²) in [5.74, 6) is 1.09. The van der Waals surface area contributed by atoms with Crippen LogP contribution in [-0.4, -0.2) is 11.2 Å². The molecular formula is C19H23NO2. The molecular weight excluding hydrogens is 274 g/mol. The molecule has 2 aliphatic rings. The molecule has 0 fully saturated rings. The number of benzene rings is 1. The molecule has 0 saturated carbocycles. The molecule has 1 aromatic heterocycles. The lowest BCUT2D eigenvalue weighted by Crippen LogP contribution is -2.37. The predicted molar refractivity (Wildman–Crippen MR) is 85.6 cm³/mol. The first-order valence-electron chi connectivity index (χ1n) is 8.12. The second-order valence-electron chi connectivity index (χ2n) is 7.51. The Morgan fingerprint density at radius 3 is 2.86 bits per heavy atom. The van der Waals surface area contributed by atoms with Gasteiger partial charge in [-0.3, -0.25) is 0 Å². The highest BCUT2D eigenvalue weighted by molar-refractivity contribution is 5.37. The molecule has 3 nitrogen and oxygen atoms in total. The number of fused-ring (bicyclic) bond motifs is 2. The summed E-state index contributed by atoms with van der Waals surface area (Å²) in [6, 6.07) is 10.7. The van der Waals surface area contributed by atoms with Crippen LogP contribution in [0.25, 0.3) is 0 Å². The molecule has 0 spiro atoms. The van der Waals surface area contributed by atoms with E-state index in [-0.39, 0.29) is 23.6 Å². The van der Waals surface area contributed by atoms with Crippen molar-refractivity contribution in [3.8, 4) is 0 Å². The van der Waals surface area contributed by atoms with Crippen molar-refractivity contribution in [3.05, 3.63) is 59.0 Å². The van der Waals surface area contributed by atoms with Gasteiger partial charge in [0.1, 0.15) is 5.76 Å². The molecule has 4 rings (SSSR count). The molecule has 2 N–H and O–H groups in total. The monoisotopic (exact) mass is 297 g/mol. The van der Waals surface area contributed by atoms with Gasteiger partial charge < -0.3 is 14.8 Å². The molecule has 0 amide bonds. The van der Waals surface area contributed by atoms with Crippen LogP contribution in [0.1, 0.15) is 54.8 Å². The van der Waals surface area contributed by atoms with Gasteiger partial charge in [-0.2, -0.15) is 0 Å². The van der Waals surface area contributed by atoms with Crippen molar-refractivity contribution in [2.24, 2.45) is 5.41 Å². The summed E-state index contributed by atoms with van der Waals surface area (Å²) in [7, 11) is 0. The van der Waals surface area contributed by atoms with E-state index in [1.54, 1.807) is 6.26 Å². The molecule has 0 radical (unpaired) electrons. The van der Waals surface area contributed by atoms with E-state index in [1.165, 1.54) is 16.7 Å². The Morgan fingerprint density at radius 2 is 2.00 bits per heavy atom. The van der Waals surface area contributed by atoms with Crippen LogP contribution in [0.2, 0.25) is 0 Å². The molecule has 2 aliphatic carbocycles. The SMILES string of the molecule is CC1(C)Cc2occc2C(NC2c3ccccc3CC2O)C1. The van der Waals surface area contributed by atoms with Crippen LogP contribution < -0.4 is 5.32 Å². The van der Waals surface area contributed by atoms with Gasteiger partial charge in [-0.25, -0.2) is 0 Å². The molecule has 2 aromatic rings. The van der Waals surface area contributed by atoms with Crippen LogP contribution in [0.15, 0.2) is 41.0 Å². The van der Waals surface area contributed by atoms with Crippen molar-refractivity contribution in [1.29, 1.82) is 0 Å². The molecule has 3 heteroatoms. The molecule has 0 aliphatic heterocycles. The van der Waals surface area contributed by atoms with Crippen LogP contribution in [0.3, 0.4) is 0 Å². The minimum Gasteiger partial charge on any atom is -0.469 e. The van der Waals surface area contributed by atoms with E-state index in [4.69, 9.17) is 4.42 Å². The third-order valence-corrected chi connectivity index (χ3v) is 5.14. The second kappa shape index (κ2) is 4.97. The summed E-state index contributed by atoms with van der Waals surface area (Å²) in [6.07, 6.45) is 4.22. The lowest BCUT2D eigenvalue weighted by molar-refractivity contribution is 0.123. The molecule has 1 aromatic carbocycles. The van der Waals surface area contributed by atoms with Crippen LogP contribution in [0.4, 0.5) is 0 Å². The Kier molecular flexibility index (Phi) is 3.17. The predicted octanol–water partition coefficient (Wildman–Crippen LogP) is 3.54.